The van der Waals surface area contributed by atoms with Crippen molar-refractivity contribution in [3.63, 3.8) is 0 Å². The first-order chi connectivity index (χ1) is 9.95. The van der Waals surface area contributed by atoms with Gasteiger partial charge in [0.2, 0.25) is 5.91 Å². The monoisotopic (exact) mass is 304 g/mol. The van der Waals surface area contributed by atoms with E-state index >= 15 is 0 Å². The number of benzene rings is 1. The van der Waals surface area contributed by atoms with Gasteiger partial charge in [0.25, 0.3) is 0 Å². The summed E-state index contributed by atoms with van der Waals surface area (Å²) in [4.78, 5) is 16.0. The first-order valence-electron chi connectivity index (χ1n) is 6.40. The van der Waals surface area contributed by atoms with Crippen molar-refractivity contribution in [1.29, 1.82) is 0 Å². The van der Waals surface area contributed by atoms with Crippen LogP contribution in [0.4, 0.5) is 0 Å². The summed E-state index contributed by atoms with van der Waals surface area (Å²) in [5, 5.41) is 2.81. The second kappa shape index (κ2) is 6.49. The first kappa shape index (κ1) is 15.2. The van der Waals surface area contributed by atoms with Crippen molar-refractivity contribution in [3.05, 3.63) is 59.9 Å². The second-order valence-electron chi connectivity index (χ2n) is 4.73. The molecule has 2 aromatic rings. The zero-order valence-corrected chi connectivity index (χ0v) is 12.4. The Labute approximate surface area is 124 Å². The van der Waals surface area contributed by atoms with Gasteiger partial charge >= 0.3 is 0 Å². The third kappa shape index (κ3) is 4.68. The lowest BCUT2D eigenvalue weighted by Gasteiger charge is -2.06. The van der Waals surface area contributed by atoms with E-state index in [4.69, 9.17) is 0 Å². The Morgan fingerprint density at radius 1 is 1.05 bits per heavy atom. The van der Waals surface area contributed by atoms with Crippen LogP contribution in [0.1, 0.15) is 11.1 Å². The van der Waals surface area contributed by atoms with Gasteiger partial charge in [-0.25, -0.2) is 8.42 Å². The quantitative estimate of drug-likeness (QED) is 0.904. The molecule has 110 valence electrons. The summed E-state index contributed by atoms with van der Waals surface area (Å²) in [6.45, 7) is 0.447. The van der Waals surface area contributed by atoms with Crippen molar-refractivity contribution >= 4 is 15.7 Å². The maximum absolute atomic E-state index is 11.8. The van der Waals surface area contributed by atoms with Crippen LogP contribution in [0.5, 0.6) is 0 Å². The van der Waals surface area contributed by atoms with Crippen molar-refractivity contribution in [1.82, 2.24) is 10.3 Å². The number of pyridine rings is 1. The molecule has 1 amide bonds. The van der Waals surface area contributed by atoms with Crippen LogP contribution >= 0.6 is 0 Å². The fourth-order valence-corrected chi connectivity index (χ4v) is 2.43. The van der Waals surface area contributed by atoms with E-state index in [1.54, 1.807) is 24.5 Å². The van der Waals surface area contributed by atoms with Crippen molar-refractivity contribution in [3.8, 4) is 0 Å². The molecule has 2 rings (SSSR count). The largest absolute Gasteiger partial charge is 0.352 e. The molecule has 0 fully saturated rings. The van der Waals surface area contributed by atoms with E-state index in [2.05, 4.69) is 10.3 Å². The van der Waals surface area contributed by atoms with Crippen LogP contribution in [0.2, 0.25) is 0 Å². The van der Waals surface area contributed by atoms with E-state index in [0.717, 1.165) is 17.4 Å². The summed E-state index contributed by atoms with van der Waals surface area (Å²) in [6.07, 6.45) is 4.72. The minimum atomic E-state index is -3.20. The van der Waals surface area contributed by atoms with Crippen LogP contribution in [0.3, 0.4) is 0 Å². The third-order valence-electron chi connectivity index (χ3n) is 2.96. The lowest BCUT2D eigenvalue weighted by atomic mass is 10.1. The Kier molecular flexibility index (Phi) is 4.70. The van der Waals surface area contributed by atoms with Crippen LogP contribution in [0.15, 0.2) is 53.7 Å². The smallest absolute Gasteiger partial charge is 0.224 e. The summed E-state index contributed by atoms with van der Waals surface area (Å²) < 4.78 is 22.7. The minimum absolute atomic E-state index is 0.112. The highest BCUT2D eigenvalue weighted by Gasteiger charge is 2.08. The molecule has 1 aromatic heterocycles. The summed E-state index contributed by atoms with van der Waals surface area (Å²) in [7, 11) is -3.20. The van der Waals surface area contributed by atoms with Gasteiger partial charge in [-0.2, -0.15) is 0 Å². The summed E-state index contributed by atoms with van der Waals surface area (Å²) in [6, 6.07) is 10.0. The van der Waals surface area contributed by atoms with Gasteiger partial charge in [0, 0.05) is 25.2 Å². The molecule has 0 saturated carbocycles. The molecule has 0 spiro atoms. The minimum Gasteiger partial charge on any atom is -0.352 e. The third-order valence-corrected chi connectivity index (χ3v) is 4.08. The fourth-order valence-electron chi connectivity index (χ4n) is 1.80. The Morgan fingerprint density at radius 3 is 2.24 bits per heavy atom. The molecule has 0 atom stereocenters. The number of carbonyl (C=O) groups is 1. The number of rotatable bonds is 5. The van der Waals surface area contributed by atoms with E-state index in [1.165, 1.54) is 12.1 Å². The van der Waals surface area contributed by atoms with Gasteiger partial charge in [0.1, 0.15) is 0 Å². The second-order valence-corrected chi connectivity index (χ2v) is 6.74. The van der Waals surface area contributed by atoms with Crippen LogP contribution in [-0.2, 0) is 27.6 Å². The zero-order valence-electron chi connectivity index (χ0n) is 11.6. The average Bonchev–Trinajstić information content (AvgIpc) is 2.46. The maximum Gasteiger partial charge on any atom is 0.224 e. The highest BCUT2D eigenvalue weighted by atomic mass is 32.2. The van der Waals surface area contributed by atoms with Crippen molar-refractivity contribution in [2.24, 2.45) is 0 Å². The molecule has 1 heterocycles. The number of hydrogen-bond donors (Lipinski definition) is 1. The number of sulfone groups is 1. The van der Waals surface area contributed by atoms with Crippen molar-refractivity contribution in [2.75, 3.05) is 6.26 Å². The van der Waals surface area contributed by atoms with E-state index in [1.807, 2.05) is 12.1 Å². The number of nitrogens with zero attached hydrogens (tertiary/aromatic N) is 1. The van der Waals surface area contributed by atoms with Crippen molar-refractivity contribution in [2.45, 2.75) is 17.9 Å². The molecular weight excluding hydrogens is 288 g/mol. The van der Waals surface area contributed by atoms with Crippen molar-refractivity contribution < 1.29 is 13.2 Å². The predicted octanol–water partition coefficient (Wildman–Crippen LogP) is 1.34. The average molecular weight is 304 g/mol. The molecule has 21 heavy (non-hydrogen) atoms. The van der Waals surface area contributed by atoms with Crippen LogP contribution < -0.4 is 5.32 Å². The topological polar surface area (TPSA) is 76.1 Å². The molecule has 0 aliphatic heterocycles. The molecule has 0 aliphatic carbocycles. The predicted molar refractivity (Wildman–Crippen MR) is 79.3 cm³/mol. The fraction of sp³-hybridized carbons (Fsp3) is 0.200. The zero-order chi connectivity index (χ0) is 15.3. The summed E-state index contributed by atoms with van der Waals surface area (Å²) in [5.41, 5.74) is 1.75. The van der Waals surface area contributed by atoms with Gasteiger partial charge in [-0.1, -0.05) is 12.1 Å². The number of nitrogens with one attached hydrogen (secondary N) is 1. The molecular formula is C15H16N2O3S. The molecule has 5 nitrogen and oxygen atoms in total. The van der Waals surface area contributed by atoms with Gasteiger partial charge in [-0.3, -0.25) is 9.78 Å². The van der Waals surface area contributed by atoms with Crippen LogP contribution in [0, 0.1) is 0 Å². The number of carbonyl (C=O) groups excluding carboxylic acids is 1. The molecule has 0 saturated heterocycles. The Morgan fingerprint density at radius 2 is 1.67 bits per heavy atom. The number of hydrogen-bond acceptors (Lipinski definition) is 4. The molecule has 1 aromatic carbocycles. The van der Waals surface area contributed by atoms with E-state index in [0.29, 0.717) is 6.54 Å². The molecule has 0 radical (unpaired) electrons. The van der Waals surface area contributed by atoms with Crippen LogP contribution in [0.25, 0.3) is 0 Å². The molecule has 1 N–H and O–H groups in total. The van der Waals surface area contributed by atoms with Gasteiger partial charge in [0.15, 0.2) is 9.84 Å². The Balaban J connectivity index is 1.91. The Bertz CT molecular complexity index is 710. The molecule has 0 aliphatic rings. The van der Waals surface area contributed by atoms with Crippen LogP contribution in [-0.4, -0.2) is 25.6 Å². The van der Waals surface area contributed by atoms with Gasteiger partial charge in [0.05, 0.1) is 11.3 Å². The van der Waals surface area contributed by atoms with E-state index in [9.17, 15) is 13.2 Å². The van der Waals surface area contributed by atoms with E-state index in [-0.39, 0.29) is 17.2 Å². The van der Waals surface area contributed by atoms with Gasteiger partial charge in [-0.05, 0) is 35.4 Å². The van der Waals surface area contributed by atoms with E-state index < -0.39 is 9.84 Å². The molecule has 0 bridgehead atoms. The molecule has 0 unspecified atom stereocenters. The lowest BCUT2D eigenvalue weighted by Crippen LogP contribution is -2.24. The first-order valence-corrected chi connectivity index (χ1v) is 8.29. The van der Waals surface area contributed by atoms with Gasteiger partial charge < -0.3 is 5.32 Å². The number of aromatic nitrogens is 1. The summed E-state index contributed by atoms with van der Waals surface area (Å²) >= 11 is 0. The normalized spacial score (nSPS) is 11.1. The summed E-state index contributed by atoms with van der Waals surface area (Å²) in [5.74, 6) is -0.112. The lowest BCUT2D eigenvalue weighted by molar-refractivity contribution is -0.120. The SMILES string of the molecule is CS(=O)(=O)c1ccc(CC(=O)NCc2ccncc2)cc1. The maximum atomic E-state index is 11.8. The highest BCUT2D eigenvalue weighted by molar-refractivity contribution is 7.90. The highest BCUT2D eigenvalue weighted by Crippen LogP contribution is 2.10. The molecule has 6 heteroatoms. The van der Waals surface area contributed by atoms with Gasteiger partial charge in [-0.15, -0.1) is 0 Å². The number of amides is 1. The standard InChI is InChI=1S/C15H16N2O3S/c1-21(19,20)14-4-2-12(3-5-14)10-15(18)17-11-13-6-8-16-9-7-13/h2-9H,10-11H2,1H3,(H,17,18). The Hall–Kier alpha value is -2.21.